The summed E-state index contributed by atoms with van der Waals surface area (Å²) in [6.07, 6.45) is 4.35. The standard InChI is InChI=1S/C13H16FNO/c14-10-3-1-2-9(6-10)8-15-12-7-11-4-5-13(12)16-11/h1-3,6,11-13,15H,4-5,7-8H2. The van der Waals surface area contributed by atoms with Crippen LogP contribution in [0.25, 0.3) is 0 Å². The number of ether oxygens (including phenoxy) is 1. The Bertz CT molecular complexity index is 382. The van der Waals surface area contributed by atoms with Gasteiger partial charge >= 0.3 is 0 Å². The van der Waals surface area contributed by atoms with Crippen LogP contribution in [0.3, 0.4) is 0 Å². The van der Waals surface area contributed by atoms with E-state index >= 15 is 0 Å². The molecule has 2 saturated heterocycles. The van der Waals surface area contributed by atoms with E-state index in [1.165, 1.54) is 18.9 Å². The minimum atomic E-state index is -0.163. The molecular weight excluding hydrogens is 205 g/mol. The summed E-state index contributed by atoms with van der Waals surface area (Å²) in [5.41, 5.74) is 1.00. The molecule has 2 aliphatic rings. The van der Waals surface area contributed by atoms with Crippen LogP contribution in [0, 0.1) is 5.82 Å². The van der Waals surface area contributed by atoms with Crippen molar-refractivity contribution < 1.29 is 9.13 Å². The monoisotopic (exact) mass is 221 g/mol. The third-order valence-electron chi connectivity index (χ3n) is 3.56. The third-order valence-corrected chi connectivity index (χ3v) is 3.56. The number of benzene rings is 1. The maximum Gasteiger partial charge on any atom is 0.123 e. The summed E-state index contributed by atoms with van der Waals surface area (Å²) in [5.74, 6) is -0.163. The summed E-state index contributed by atoms with van der Waals surface area (Å²) in [6, 6.07) is 7.22. The van der Waals surface area contributed by atoms with Crippen LogP contribution < -0.4 is 5.32 Å². The van der Waals surface area contributed by atoms with Gasteiger partial charge in [0.05, 0.1) is 12.2 Å². The summed E-state index contributed by atoms with van der Waals surface area (Å²) >= 11 is 0. The summed E-state index contributed by atoms with van der Waals surface area (Å²) < 4.78 is 18.7. The Labute approximate surface area is 94.8 Å². The second-order valence-corrected chi connectivity index (χ2v) is 4.73. The summed E-state index contributed by atoms with van der Waals surface area (Å²) in [5, 5.41) is 3.46. The Kier molecular flexibility index (Phi) is 2.65. The fourth-order valence-corrected chi connectivity index (χ4v) is 2.75. The number of nitrogens with one attached hydrogen (secondary N) is 1. The van der Waals surface area contributed by atoms with Crippen LogP contribution in [0.4, 0.5) is 4.39 Å². The van der Waals surface area contributed by atoms with Gasteiger partial charge in [-0.15, -0.1) is 0 Å². The summed E-state index contributed by atoms with van der Waals surface area (Å²) in [7, 11) is 0. The molecule has 0 spiro atoms. The maximum atomic E-state index is 13.0. The van der Waals surface area contributed by atoms with E-state index in [2.05, 4.69) is 5.32 Å². The Hall–Kier alpha value is -0.930. The SMILES string of the molecule is Fc1cccc(CNC2CC3CCC2O3)c1. The van der Waals surface area contributed by atoms with Gasteiger partial charge in [-0.2, -0.15) is 0 Å². The van der Waals surface area contributed by atoms with Crippen molar-refractivity contribution in [2.75, 3.05) is 0 Å². The summed E-state index contributed by atoms with van der Waals surface area (Å²) in [4.78, 5) is 0. The van der Waals surface area contributed by atoms with Crippen molar-refractivity contribution in [2.24, 2.45) is 0 Å². The molecule has 3 heteroatoms. The van der Waals surface area contributed by atoms with Gasteiger partial charge in [0.2, 0.25) is 0 Å². The van der Waals surface area contributed by atoms with Crippen LogP contribution in [0.1, 0.15) is 24.8 Å². The Morgan fingerprint density at radius 3 is 3.00 bits per heavy atom. The molecular formula is C13H16FNO. The van der Waals surface area contributed by atoms with Gasteiger partial charge < -0.3 is 10.1 Å². The highest BCUT2D eigenvalue weighted by molar-refractivity contribution is 5.16. The zero-order chi connectivity index (χ0) is 11.0. The van der Waals surface area contributed by atoms with Crippen LogP contribution in [-0.2, 0) is 11.3 Å². The second-order valence-electron chi connectivity index (χ2n) is 4.73. The van der Waals surface area contributed by atoms with Gasteiger partial charge in [0.15, 0.2) is 0 Å². The Morgan fingerprint density at radius 1 is 1.38 bits per heavy atom. The lowest BCUT2D eigenvalue weighted by atomic mass is 9.95. The molecule has 2 nitrogen and oxygen atoms in total. The largest absolute Gasteiger partial charge is 0.373 e. The molecule has 86 valence electrons. The highest BCUT2D eigenvalue weighted by Gasteiger charge is 2.40. The predicted molar refractivity (Wildman–Crippen MR) is 59.5 cm³/mol. The van der Waals surface area contributed by atoms with Crippen molar-refractivity contribution in [3.63, 3.8) is 0 Å². The third kappa shape index (κ3) is 1.97. The molecule has 1 aromatic rings. The van der Waals surface area contributed by atoms with Crippen LogP contribution in [0.15, 0.2) is 24.3 Å². The maximum absolute atomic E-state index is 13.0. The van der Waals surface area contributed by atoms with Crippen molar-refractivity contribution >= 4 is 0 Å². The molecule has 2 heterocycles. The van der Waals surface area contributed by atoms with E-state index in [9.17, 15) is 4.39 Å². The molecule has 1 N–H and O–H groups in total. The number of hydrogen-bond acceptors (Lipinski definition) is 2. The van der Waals surface area contributed by atoms with Gasteiger partial charge in [0.1, 0.15) is 5.82 Å². The normalized spacial score (nSPS) is 32.2. The second kappa shape index (κ2) is 4.15. The van der Waals surface area contributed by atoms with E-state index in [-0.39, 0.29) is 5.82 Å². The van der Waals surface area contributed by atoms with Crippen molar-refractivity contribution in [3.8, 4) is 0 Å². The molecule has 0 amide bonds. The lowest BCUT2D eigenvalue weighted by molar-refractivity contribution is 0.0973. The van der Waals surface area contributed by atoms with Crippen molar-refractivity contribution in [1.82, 2.24) is 5.32 Å². The fraction of sp³-hybridized carbons (Fsp3) is 0.538. The molecule has 2 aliphatic heterocycles. The molecule has 2 fully saturated rings. The van der Waals surface area contributed by atoms with E-state index in [1.54, 1.807) is 12.1 Å². The van der Waals surface area contributed by atoms with E-state index < -0.39 is 0 Å². The molecule has 3 atom stereocenters. The first kappa shape index (κ1) is 10.2. The van der Waals surface area contributed by atoms with Crippen molar-refractivity contribution in [3.05, 3.63) is 35.6 Å². The molecule has 0 aromatic heterocycles. The van der Waals surface area contributed by atoms with Crippen LogP contribution in [0.2, 0.25) is 0 Å². The molecule has 0 radical (unpaired) electrons. The minimum absolute atomic E-state index is 0.163. The first-order valence-corrected chi connectivity index (χ1v) is 5.94. The first-order chi connectivity index (χ1) is 7.81. The quantitative estimate of drug-likeness (QED) is 0.845. The van der Waals surface area contributed by atoms with E-state index in [4.69, 9.17) is 4.74 Å². The van der Waals surface area contributed by atoms with Crippen LogP contribution in [-0.4, -0.2) is 18.2 Å². The molecule has 1 aromatic carbocycles. The van der Waals surface area contributed by atoms with Gasteiger partial charge in [0, 0.05) is 12.6 Å². The van der Waals surface area contributed by atoms with E-state index in [0.717, 1.165) is 18.5 Å². The number of rotatable bonds is 3. The minimum Gasteiger partial charge on any atom is -0.373 e. The van der Waals surface area contributed by atoms with Crippen LogP contribution in [0.5, 0.6) is 0 Å². The van der Waals surface area contributed by atoms with Gasteiger partial charge in [-0.1, -0.05) is 12.1 Å². The summed E-state index contributed by atoms with van der Waals surface area (Å²) in [6.45, 7) is 0.731. The highest BCUT2D eigenvalue weighted by atomic mass is 19.1. The lowest BCUT2D eigenvalue weighted by Crippen LogP contribution is -2.36. The molecule has 3 unspecified atom stereocenters. The van der Waals surface area contributed by atoms with Crippen molar-refractivity contribution in [1.29, 1.82) is 0 Å². The molecule has 2 bridgehead atoms. The van der Waals surface area contributed by atoms with E-state index in [0.29, 0.717) is 18.2 Å². The highest BCUT2D eigenvalue weighted by Crippen LogP contribution is 2.34. The Morgan fingerprint density at radius 2 is 2.31 bits per heavy atom. The molecule has 3 rings (SSSR count). The molecule has 0 saturated carbocycles. The van der Waals surface area contributed by atoms with Crippen molar-refractivity contribution in [2.45, 2.75) is 44.1 Å². The van der Waals surface area contributed by atoms with Gasteiger partial charge in [-0.3, -0.25) is 0 Å². The van der Waals surface area contributed by atoms with E-state index in [1.807, 2.05) is 6.07 Å². The topological polar surface area (TPSA) is 21.3 Å². The first-order valence-electron chi connectivity index (χ1n) is 5.94. The lowest BCUT2D eigenvalue weighted by Gasteiger charge is -2.20. The zero-order valence-corrected chi connectivity index (χ0v) is 9.16. The Balaban J connectivity index is 1.57. The molecule has 0 aliphatic carbocycles. The number of hydrogen-bond donors (Lipinski definition) is 1. The van der Waals surface area contributed by atoms with Crippen LogP contribution >= 0.6 is 0 Å². The number of halogens is 1. The smallest absolute Gasteiger partial charge is 0.123 e. The van der Waals surface area contributed by atoms with Gasteiger partial charge in [-0.25, -0.2) is 4.39 Å². The average molecular weight is 221 g/mol. The zero-order valence-electron chi connectivity index (χ0n) is 9.16. The van der Waals surface area contributed by atoms with Gasteiger partial charge in [0.25, 0.3) is 0 Å². The number of fused-ring (bicyclic) bond motifs is 2. The molecule has 16 heavy (non-hydrogen) atoms. The average Bonchev–Trinajstić information content (AvgIpc) is 2.88. The fourth-order valence-electron chi connectivity index (χ4n) is 2.75. The van der Waals surface area contributed by atoms with Gasteiger partial charge in [-0.05, 0) is 37.0 Å². The predicted octanol–water partition coefficient (Wildman–Crippen LogP) is 2.24.